The Kier molecular flexibility index (Phi) is 5.47. The van der Waals surface area contributed by atoms with E-state index in [-0.39, 0.29) is 5.41 Å². The van der Waals surface area contributed by atoms with Crippen LogP contribution in [0.5, 0.6) is 0 Å². The van der Waals surface area contributed by atoms with Gasteiger partial charge in [0.1, 0.15) is 18.0 Å². The highest BCUT2D eigenvalue weighted by molar-refractivity contribution is 5.48. The first-order valence-corrected chi connectivity index (χ1v) is 9.39. The Hall–Kier alpha value is -2.14. The van der Waals surface area contributed by atoms with Crippen LogP contribution in [-0.2, 0) is 12.0 Å². The molecule has 0 amide bonds. The average Bonchev–Trinajstić information content (AvgIpc) is 3.01. The maximum Gasteiger partial charge on any atom is 0.133 e. The molecule has 1 unspecified atom stereocenters. The van der Waals surface area contributed by atoms with Gasteiger partial charge in [-0.05, 0) is 23.0 Å². The topological polar surface area (TPSA) is 44.3 Å². The first-order chi connectivity index (χ1) is 12.3. The summed E-state index contributed by atoms with van der Waals surface area (Å²) in [5, 5.41) is 3.56. The van der Waals surface area contributed by atoms with Gasteiger partial charge in [-0.25, -0.2) is 9.97 Å². The first-order valence-electron chi connectivity index (χ1n) is 9.39. The molecule has 0 spiro atoms. The van der Waals surface area contributed by atoms with Crippen LogP contribution >= 0.6 is 0 Å². The normalized spacial score (nSPS) is 18.1. The second-order valence-electron chi connectivity index (χ2n) is 8.47. The van der Waals surface area contributed by atoms with Gasteiger partial charge in [0.2, 0.25) is 0 Å². The number of rotatable bonds is 5. The molecule has 26 heavy (non-hydrogen) atoms. The summed E-state index contributed by atoms with van der Waals surface area (Å²) in [6.45, 7) is 9.94. The third-order valence-electron chi connectivity index (χ3n) is 4.96. The van der Waals surface area contributed by atoms with Crippen molar-refractivity contribution < 1.29 is 0 Å². The van der Waals surface area contributed by atoms with E-state index in [9.17, 15) is 0 Å². The van der Waals surface area contributed by atoms with Crippen LogP contribution in [0.2, 0.25) is 0 Å². The monoisotopic (exact) mass is 353 g/mol. The van der Waals surface area contributed by atoms with Gasteiger partial charge >= 0.3 is 0 Å². The van der Waals surface area contributed by atoms with Gasteiger partial charge < -0.3 is 10.2 Å². The van der Waals surface area contributed by atoms with Crippen molar-refractivity contribution in [1.29, 1.82) is 0 Å². The van der Waals surface area contributed by atoms with Crippen LogP contribution in [0.1, 0.15) is 38.3 Å². The molecule has 1 atom stereocenters. The third kappa shape index (κ3) is 4.73. The highest BCUT2D eigenvalue weighted by Gasteiger charge is 2.23. The molecule has 1 aliphatic heterocycles. The SMILES string of the molecule is CN(C)c1cc(NC2CCN(Cc3ccc(C(C)(C)C)cc3)C2)ncn1. The molecule has 1 aromatic carbocycles. The molecule has 2 aromatic rings. The number of anilines is 2. The molecule has 1 aliphatic rings. The number of nitrogens with one attached hydrogen (secondary N) is 1. The standard InChI is InChI=1S/C21H31N5/c1-21(2,3)17-8-6-16(7-9-17)13-26-11-10-18(14-26)24-19-12-20(25(4)5)23-15-22-19/h6-9,12,15,18H,10-11,13-14H2,1-5H3,(H,22,23,24). The van der Waals surface area contributed by atoms with E-state index in [1.165, 1.54) is 11.1 Å². The number of benzene rings is 1. The molecule has 1 aromatic heterocycles. The largest absolute Gasteiger partial charge is 0.366 e. The van der Waals surface area contributed by atoms with Crippen molar-refractivity contribution in [2.75, 3.05) is 37.4 Å². The minimum absolute atomic E-state index is 0.212. The summed E-state index contributed by atoms with van der Waals surface area (Å²) in [7, 11) is 3.99. The first kappa shape index (κ1) is 18.6. The zero-order valence-electron chi connectivity index (χ0n) is 16.7. The van der Waals surface area contributed by atoms with Crippen molar-refractivity contribution in [3.05, 3.63) is 47.8 Å². The van der Waals surface area contributed by atoms with Gasteiger partial charge in [0.15, 0.2) is 0 Å². The van der Waals surface area contributed by atoms with E-state index in [1.807, 2.05) is 25.1 Å². The fourth-order valence-electron chi connectivity index (χ4n) is 3.34. The summed E-state index contributed by atoms with van der Waals surface area (Å²) in [5.41, 5.74) is 2.99. The van der Waals surface area contributed by atoms with E-state index >= 15 is 0 Å². The Balaban J connectivity index is 1.55. The predicted molar refractivity (Wildman–Crippen MR) is 109 cm³/mol. The maximum absolute atomic E-state index is 4.36. The van der Waals surface area contributed by atoms with Crippen molar-refractivity contribution in [2.45, 2.75) is 45.2 Å². The summed E-state index contributed by atoms with van der Waals surface area (Å²) in [6.07, 6.45) is 2.77. The van der Waals surface area contributed by atoms with E-state index in [2.05, 4.69) is 65.2 Å². The zero-order valence-corrected chi connectivity index (χ0v) is 16.7. The summed E-state index contributed by atoms with van der Waals surface area (Å²) in [5.74, 6) is 1.83. The molecule has 0 saturated carbocycles. The molecular formula is C21H31N5. The van der Waals surface area contributed by atoms with Crippen LogP contribution in [0.3, 0.4) is 0 Å². The second kappa shape index (κ2) is 7.62. The van der Waals surface area contributed by atoms with E-state index in [1.54, 1.807) is 6.33 Å². The average molecular weight is 354 g/mol. The molecule has 140 valence electrons. The molecule has 1 fully saturated rings. The Morgan fingerprint density at radius 3 is 2.54 bits per heavy atom. The van der Waals surface area contributed by atoms with Gasteiger partial charge in [0, 0.05) is 45.8 Å². The van der Waals surface area contributed by atoms with Crippen LogP contribution in [-0.4, -0.2) is 48.1 Å². The lowest BCUT2D eigenvalue weighted by atomic mass is 9.87. The Morgan fingerprint density at radius 2 is 1.88 bits per heavy atom. The molecule has 5 heteroatoms. The molecule has 1 N–H and O–H groups in total. The maximum atomic E-state index is 4.36. The molecule has 0 bridgehead atoms. The minimum Gasteiger partial charge on any atom is -0.366 e. The molecule has 3 rings (SSSR count). The van der Waals surface area contributed by atoms with Gasteiger partial charge in [-0.15, -0.1) is 0 Å². The highest BCUT2D eigenvalue weighted by atomic mass is 15.2. The molecule has 0 radical (unpaired) electrons. The van der Waals surface area contributed by atoms with E-state index in [0.29, 0.717) is 6.04 Å². The quantitative estimate of drug-likeness (QED) is 0.891. The van der Waals surface area contributed by atoms with Crippen molar-refractivity contribution in [2.24, 2.45) is 0 Å². The number of hydrogen-bond acceptors (Lipinski definition) is 5. The molecule has 2 heterocycles. The summed E-state index contributed by atoms with van der Waals surface area (Å²) >= 11 is 0. The van der Waals surface area contributed by atoms with Gasteiger partial charge in [0.05, 0.1) is 0 Å². The Morgan fingerprint density at radius 1 is 1.15 bits per heavy atom. The summed E-state index contributed by atoms with van der Waals surface area (Å²) in [4.78, 5) is 13.1. The van der Waals surface area contributed by atoms with Crippen molar-refractivity contribution >= 4 is 11.6 Å². The molecule has 5 nitrogen and oxygen atoms in total. The summed E-state index contributed by atoms with van der Waals surface area (Å²) in [6, 6.07) is 11.5. The fraction of sp³-hybridized carbons (Fsp3) is 0.524. The molecule has 1 saturated heterocycles. The Bertz CT molecular complexity index is 718. The summed E-state index contributed by atoms with van der Waals surface area (Å²) < 4.78 is 0. The predicted octanol–water partition coefficient (Wildman–Crippen LogP) is 3.53. The van der Waals surface area contributed by atoms with Gasteiger partial charge in [0.25, 0.3) is 0 Å². The Labute approximate surface area is 157 Å². The van der Waals surface area contributed by atoms with Crippen LogP contribution in [0.4, 0.5) is 11.6 Å². The third-order valence-corrected chi connectivity index (χ3v) is 4.96. The lowest BCUT2D eigenvalue weighted by molar-refractivity contribution is 0.328. The van der Waals surface area contributed by atoms with Crippen LogP contribution in [0.15, 0.2) is 36.7 Å². The van der Waals surface area contributed by atoms with Gasteiger partial charge in [-0.1, -0.05) is 45.0 Å². The fourth-order valence-corrected chi connectivity index (χ4v) is 3.34. The van der Waals surface area contributed by atoms with Crippen molar-refractivity contribution in [3.63, 3.8) is 0 Å². The molecule has 0 aliphatic carbocycles. The molecular weight excluding hydrogens is 322 g/mol. The van der Waals surface area contributed by atoms with Crippen LogP contribution in [0.25, 0.3) is 0 Å². The highest BCUT2D eigenvalue weighted by Crippen LogP contribution is 2.23. The van der Waals surface area contributed by atoms with Crippen molar-refractivity contribution in [3.8, 4) is 0 Å². The van der Waals surface area contributed by atoms with Gasteiger partial charge in [-0.3, -0.25) is 4.90 Å². The minimum atomic E-state index is 0.212. The zero-order chi connectivity index (χ0) is 18.7. The number of likely N-dealkylation sites (tertiary alicyclic amines) is 1. The van der Waals surface area contributed by atoms with Crippen LogP contribution < -0.4 is 10.2 Å². The van der Waals surface area contributed by atoms with Gasteiger partial charge in [-0.2, -0.15) is 0 Å². The number of nitrogens with zero attached hydrogens (tertiary/aromatic N) is 4. The van der Waals surface area contributed by atoms with E-state index in [4.69, 9.17) is 0 Å². The van der Waals surface area contributed by atoms with Crippen LogP contribution in [0, 0.1) is 0 Å². The van der Waals surface area contributed by atoms with E-state index < -0.39 is 0 Å². The van der Waals surface area contributed by atoms with E-state index in [0.717, 1.165) is 37.7 Å². The van der Waals surface area contributed by atoms with Crippen molar-refractivity contribution in [1.82, 2.24) is 14.9 Å². The number of hydrogen-bond donors (Lipinski definition) is 1. The lowest BCUT2D eigenvalue weighted by Crippen LogP contribution is -2.26. The lowest BCUT2D eigenvalue weighted by Gasteiger charge is -2.21. The second-order valence-corrected chi connectivity index (χ2v) is 8.47. The smallest absolute Gasteiger partial charge is 0.133 e. The number of aromatic nitrogens is 2.